The SMILES string of the molecule is CC(=O)c1cc2ccc(Br)cc2[nH]1.Cl.NC1CCCN(C2CCCCC2)C1.NC1CCOC1.O=C(O)c1cc2ccc(Br)cc2s1. The zero-order valence-corrected chi connectivity index (χ0v) is 31.0. The number of nitrogens with zero attached hydrogens (tertiary/aromatic N) is 1. The Balaban J connectivity index is 0.000000171. The summed E-state index contributed by atoms with van der Waals surface area (Å²) in [5.41, 5.74) is 13.0. The standard InChI is InChI=1S/C11H22N2.C10H8BrNO.C9H5BrO2S.C4H9NO.ClH/c12-10-5-4-8-13(9-10)11-6-2-1-3-7-11;1-6(13)9-4-7-2-3-8(11)5-10(7)12-9;10-6-2-1-5-3-8(9(11)12)13-7(5)4-6;5-4-1-2-6-3-4;/h10-11H,1-9,12H2;2-5,12H,1H3;1-4H,(H,11,12);4H,1-3,5H2;1H. The summed E-state index contributed by atoms with van der Waals surface area (Å²) in [6, 6.07) is 16.8. The number of halogens is 3. The number of carboxylic acids is 1. The Labute approximate surface area is 298 Å². The van der Waals surface area contributed by atoms with E-state index in [9.17, 15) is 9.59 Å². The van der Waals surface area contributed by atoms with Gasteiger partial charge in [-0.25, -0.2) is 4.79 Å². The molecule has 2 atom stereocenters. The van der Waals surface area contributed by atoms with Crippen molar-refractivity contribution in [2.75, 3.05) is 26.3 Å². The molecule has 0 amide bonds. The Morgan fingerprint density at radius 1 is 0.913 bits per heavy atom. The fourth-order valence-corrected chi connectivity index (χ4v) is 7.58. The molecule has 0 spiro atoms. The van der Waals surface area contributed by atoms with E-state index in [0.717, 1.165) is 62.2 Å². The maximum absolute atomic E-state index is 11.1. The lowest BCUT2D eigenvalue weighted by atomic mass is 9.92. The number of aromatic carboxylic acids is 1. The van der Waals surface area contributed by atoms with E-state index in [1.54, 1.807) is 13.0 Å². The number of aromatic nitrogens is 1. The highest BCUT2D eigenvalue weighted by Crippen LogP contribution is 2.28. The summed E-state index contributed by atoms with van der Waals surface area (Å²) in [5.74, 6) is -0.801. The summed E-state index contributed by atoms with van der Waals surface area (Å²) in [4.78, 5) is 27.8. The topological polar surface area (TPSA) is 135 Å². The minimum atomic E-state index is -0.864. The molecule has 7 rings (SSSR count). The number of H-pyrrole nitrogens is 1. The highest BCUT2D eigenvalue weighted by atomic mass is 79.9. The number of carbonyl (C=O) groups excluding carboxylic acids is 1. The number of rotatable bonds is 3. The van der Waals surface area contributed by atoms with Crippen molar-refractivity contribution in [2.45, 2.75) is 76.4 Å². The van der Waals surface area contributed by atoms with Crippen molar-refractivity contribution in [2.24, 2.45) is 11.5 Å². The highest BCUT2D eigenvalue weighted by Gasteiger charge is 2.25. The highest BCUT2D eigenvalue weighted by molar-refractivity contribution is 9.10. The second kappa shape index (κ2) is 19.2. The van der Waals surface area contributed by atoms with Gasteiger partial charge in [0, 0.05) is 62.7 Å². The van der Waals surface area contributed by atoms with Crippen molar-refractivity contribution in [1.82, 2.24) is 9.88 Å². The lowest BCUT2D eigenvalue weighted by molar-refractivity contribution is 0.0702. The largest absolute Gasteiger partial charge is 0.477 e. The van der Waals surface area contributed by atoms with Gasteiger partial charge in [0.2, 0.25) is 0 Å². The summed E-state index contributed by atoms with van der Waals surface area (Å²) < 4.78 is 7.91. The molecule has 2 aromatic carbocycles. The minimum Gasteiger partial charge on any atom is -0.477 e. The first-order valence-corrected chi connectivity index (χ1v) is 18.0. The van der Waals surface area contributed by atoms with Crippen molar-refractivity contribution < 1.29 is 19.4 Å². The van der Waals surface area contributed by atoms with Crippen LogP contribution in [-0.4, -0.2) is 71.2 Å². The molecule has 2 aliphatic heterocycles. The molecule has 3 fully saturated rings. The zero-order valence-electron chi connectivity index (χ0n) is 26.2. The Morgan fingerprint density at radius 3 is 2.20 bits per heavy atom. The lowest BCUT2D eigenvalue weighted by Gasteiger charge is -2.38. The number of nitrogens with one attached hydrogen (secondary N) is 1. The van der Waals surface area contributed by atoms with Crippen molar-refractivity contribution >= 4 is 88.3 Å². The average Bonchev–Trinajstić information content (AvgIpc) is 3.78. The van der Waals surface area contributed by atoms with Crippen molar-refractivity contribution in [3.8, 4) is 0 Å². The number of Topliss-reactive ketones (excluding diaryl/α,β-unsaturated/α-hetero) is 1. The number of likely N-dealkylation sites (tertiary alicyclic amines) is 1. The van der Waals surface area contributed by atoms with Gasteiger partial charge in [-0.3, -0.25) is 9.69 Å². The molecule has 12 heteroatoms. The lowest BCUT2D eigenvalue weighted by Crippen LogP contribution is -2.48. The molecule has 0 radical (unpaired) electrons. The summed E-state index contributed by atoms with van der Waals surface area (Å²) in [5, 5.41) is 10.8. The summed E-state index contributed by atoms with van der Waals surface area (Å²) in [7, 11) is 0. The van der Waals surface area contributed by atoms with Gasteiger partial charge in [0.1, 0.15) is 4.88 Å². The van der Waals surface area contributed by atoms with E-state index in [0.29, 0.717) is 22.7 Å². The molecule has 2 unspecified atom stereocenters. The normalized spacial score (nSPS) is 19.9. The van der Waals surface area contributed by atoms with E-state index >= 15 is 0 Å². The van der Waals surface area contributed by atoms with Crippen molar-refractivity contribution in [1.29, 1.82) is 0 Å². The predicted molar refractivity (Wildman–Crippen MR) is 199 cm³/mol. The average molecular weight is 801 g/mol. The van der Waals surface area contributed by atoms with Gasteiger partial charge in [0.15, 0.2) is 5.78 Å². The first kappa shape index (κ1) is 38.6. The number of ether oxygens (including phenoxy) is 1. The Bertz CT molecular complexity index is 1460. The Kier molecular flexibility index (Phi) is 16.2. The molecule has 6 N–H and O–H groups in total. The van der Waals surface area contributed by atoms with Crippen LogP contribution in [0.1, 0.15) is 78.5 Å². The number of carbonyl (C=O) groups is 2. The number of fused-ring (bicyclic) bond motifs is 2. The van der Waals surface area contributed by atoms with Crippen LogP contribution in [0.5, 0.6) is 0 Å². The number of hydrogen-bond donors (Lipinski definition) is 4. The Morgan fingerprint density at radius 2 is 1.61 bits per heavy atom. The number of hydrogen-bond acceptors (Lipinski definition) is 7. The van der Waals surface area contributed by atoms with Crippen LogP contribution in [0.15, 0.2) is 57.5 Å². The van der Waals surface area contributed by atoms with Crippen LogP contribution in [-0.2, 0) is 4.74 Å². The van der Waals surface area contributed by atoms with E-state index in [-0.39, 0.29) is 18.2 Å². The van der Waals surface area contributed by atoms with E-state index in [4.69, 9.17) is 21.3 Å². The molecule has 3 aliphatic rings. The zero-order chi connectivity index (χ0) is 32.3. The van der Waals surface area contributed by atoms with Crippen LogP contribution in [0.25, 0.3) is 21.0 Å². The number of piperidine rings is 1. The van der Waals surface area contributed by atoms with Crippen LogP contribution < -0.4 is 11.5 Å². The maximum atomic E-state index is 11.1. The van der Waals surface area contributed by atoms with Crippen LogP contribution in [0, 0.1) is 0 Å². The van der Waals surface area contributed by atoms with Gasteiger partial charge in [-0.1, -0.05) is 63.3 Å². The van der Waals surface area contributed by atoms with Gasteiger partial charge in [-0.05, 0) is 80.4 Å². The molecule has 252 valence electrons. The van der Waals surface area contributed by atoms with Crippen molar-refractivity contribution in [3.05, 3.63) is 68.0 Å². The third kappa shape index (κ3) is 12.0. The summed E-state index contributed by atoms with van der Waals surface area (Å²) in [6.07, 6.45) is 10.8. The number of carboxylic acid groups (broad SMARTS) is 1. The fraction of sp³-hybridized carbons (Fsp3) is 0.471. The van der Waals surface area contributed by atoms with Gasteiger partial charge in [-0.2, -0.15) is 0 Å². The molecule has 4 aromatic rings. The van der Waals surface area contributed by atoms with Gasteiger partial charge < -0.3 is 26.3 Å². The van der Waals surface area contributed by atoms with Gasteiger partial charge in [0.25, 0.3) is 0 Å². The summed E-state index contributed by atoms with van der Waals surface area (Å²) in [6.45, 7) is 5.64. The number of benzene rings is 2. The molecule has 8 nitrogen and oxygen atoms in total. The second-order valence-electron chi connectivity index (χ2n) is 11.9. The van der Waals surface area contributed by atoms with Crippen LogP contribution >= 0.6 is 55.6 Å². The molecule has 2 aromatic heterocycles. The van der Waals surface area contributed by atoms with E-state index in [1.165, 1.54) is 62.8 Å². The third-order valence-corrected chi connectivity index (χ3v) is 10.3. The predicted octanol–water partition coefficient (Wildman–Crippen LogP) is 8.39. The molecule has 0 bridgehead atoms. The number of aromatic amines is 1. The van der Waals surface area contributed by atoms with Crippen molar-refractivity contribution in [3.63, 3.8) is 0 Å². The summed E-state index contributed by atoms with van der Waals surface area (Å²) >= 11 is 8.00. The Hall–Kier alpha value is -1.83. The maximum Gasteiger partial charge on any atom is 0.345 e. The second-order valence-corrected chi connectivity index (χ2v) is 14.8. The van der Waals surface area contributed by atoms with Crippen LogP contribution in [0.2, 0.25) is 0 Å². The van der Waals surface area contributed by atoms with Gasteiger partial charge in [-0.15, -0.1) is 23.7 Å². The van der Waals surface area contributed by atoms with E-state index in [2.05, 4.69) is 41.7 Å². The molecule has 1 saturated carbocycles. The van der Waals surface area contributed by atoms with E-state index in [1.807, 2.05) is 42.5 Å². The number of thiophene rings is 1. The minimum absolute atomic E-state index is 0. The van der Waals surface area contributed by atoms with Crippen LogP contribution in [0.4, 0.5) is 0 Å². The van der Waals surface area contributed by atoms with Gasteiger partial charge in [0.05, 0.1) is 12.3 Å². The molecule has 4 heterocycles. The monoisotopic (exact) mass is 798 g/mol. The molecular weight excluding hydrogens is 756 g/mol. The van der Waals surface area contributed by atoms with Crippen LogP contribution in [0.3, 0.4) is 0 Å². The molecule has 46 heavy (non-hydrogen) atoms. The molecular formula is C34H45Br2ClN4O4S. The van der Waals surface area contributed by atoms with E-state index < -0.39 is 5.97 Å². The molecule has 2 saturated heterocycles. The molecule has 1 aliphatic carbocycles. The quantitative estimate of drug-likeness (QED) is 0.153. The smallest absolute Gasteiger partial charge is 0.345 e. The first-order valence-electron chi connectivity index (χ1n) is 15.6. The fourth-order valence-electron chi connectivity index (χ4n) is 5.77. The third-order valence-electron chi connectivity index (χ3n) is 8.20. The first-order chi connectivity index (χ1) is 21.6. The number of ketones is 1. The number of nitrogens with two attached hydrogens (primary N) is 2. The van der Waals surface area contributed by atoms with Gasteiger partial charge >= 0.3 is 5.97 Å².